The lowest BCUT2D eigenvalue weighted by molar-refractivity contribution is 0.0879. The van der Waals surface area contributed by atoms with Crippen LogP contribution >= 0.6 is 0 Å². The van der Waals surface area contributed by atoms with E-state index < -0.39 is 50.3 Å². The Kier molecular flexibility index (Phi) is 4.35. The summed E-state index contributed by atoms with van der Waals surface area (Å²) in [4.78, 5) is 0. The Morgan fingerprint density at radius 3 is 2.74 bits per heavy atom. The highest BCUT2D eigenvalue weighted by molar-refractivity contribution is 5.42. The quantitative estimate of drug-likeness (QED) is 0.485. The largest absolute Gasteiger partial charge is 0.508 e. The Balaban J connectivity index is 2.38. The molecule has 2 rings (SSSR count). The van der Waals surface area contributed by atoms with Crippen molar-refractivity contribution < 1.29 is 30.4 Å². The first-order valence-electron chi connectivity index (χ1n) is 15.2. The Hall–Kier alpha value is -1.06. The molecular formula is C24H40O3. The van der Waals surface area contributed by atoms with Gasteiger partial charge in [0, 0.05) is 21.7 Å². The minimum absolute atomic E-state index is 0.0478. The maximum atomic E-state index is 10.9. The van der Waals surface area contributed by atoms with E-state index in [0.717, 1.165) is 12.8 Å². The van der Waals surface area contributed by atoms with E-state index in [2.05, 4.69) is 0 Å². The molecule has 0 saturated heterocycles. The van der Waals surface area contributed by atoms with Crippen LogP contribution in [0.4, 0.5) is 0 Å². The fourth-order valence-electron chi connectivity index (χ4n) is 4.01. The van der Waals surface area contributed by atoms with E-state index in [4.69, 9.17) is 15.1 Å². The van der Waals surface area contributed by atoms with Gasteiger partial charge in [0.1, 0.15) is 5.75 Å². The average Bonchev–Trinajstić information content (AvgIpc) is 2.76. The number of aromatic hydroxyl groups is 1. The van der Waals surface area contributed by atoms with Gasteiger partial charge in [0.25, 0.3) is 0 Å². The Bertz CT molecular complexity index is 958. The Labute approximate surface area is 181 Å². The van der Waals surface area contributed by atoms with Crippen LogP contribution in [-0.2, 0) is 5.41 Å². The fourth-order valence-corrected chi connectivity index (χ4v) is 4.01. The summed E-state index contributed by atoms with van der Waals surface area (Å²) in [6.07, 6.45) is -11.9. The molecular weight excluding hydrogens is 336 g/mol. The molecule has 1 fully saturated rings. The summed E-state index contributed by atoms with van der Waals surface area (Å²) >= 11 is 0. The number of hydrogen-bond donors (Lipinski definition) is 3. The van der Waals surface area contributed by atoms with Gasteiger partial charge in [-0.05, 0) is 73.0 Å². The second-order valence-electron chi connectivity index (χ2n) is 8.09. The van der Waals surface area contributed by atoms with Crippen LogP contribution in [0.15, 0.2) is 18.2 Å². The molecule has 0 aliphatic heterocycles. The number of aliphatic hydroxyl groups is 2. The zero-order valence-corrected chi connectivity index (χ0v) is 16.3. The molecule has 0 radical (unpaired) electrons. The molecule has 3 atom stereocenters. The summed E-state index contributed by atoms with van der Waals surface area (Å²) in [6.45, 7) is -0.319. The van der Waals surface area contributed by atoms with Crippen molar-refractivity contribution in [1.29, 1.82) is 0 Å². The summed E-state index contributed by atoms with van der Waals surface area (Å²) in [5.74, 6) is -0.0501. The molecule has 3 N–H and O–H groups in total. The van der Waals surface area contributed by atoms with Crippen LogP contribution in [-0.4, -0.2) is 28.0 Å². The highest BCUT2D eigenvalue weighted by Gasteiger charge is 2.32. The summed E-state index contributed by atoms with van der Waals surface area (Å²) < 4.78 is 87.1. The minimum atomic E-state index is -3.71. The van der Waals surface area contributed by atoms with Crippen LogP contribution < -0.4 is 0 Å². The van der Waals surface area contributed by atoms with Gasteiger partial charge in [0.2, 0.25) is 0 Å². The van der Waals surface area contributed by atoms with Gasteiger partial charge in [-0.1, -0.05) is 58.3 Å². The van der Waals surface area contributed by atoms with Crippen LogP contribution in [0.3, 0.4) is 0 Å². The second-order valence-corrected chi connectivity index (χ2v) is 8.09. The molecule has 154 valence electrons. The molecule has 1 aliphatic rings. The Morgan fingerprint density at radius 2 is 2.04 bits per heavy atom. The topological polar surface area (TPSA) is 60.7 Å². The summed E-state index contributed by atoms with van der Waals surface area (Å²) in [7, 11) is 0. The van der Waals surface area contributed by atoms with Gasteiger partial charge >= 0.3 is 0 Å². The Morgan fingerprint density at radius 1 is 1.22 bits per heavy atom. The van der Waals surface area contributed by atoms with Crippen molar-refractivity contribution in [2.45, 2.75) is 102 Å². The van der Waals surface area contributed by atoms with Gasteiger partial charge in [0.15, 0.2) is 0 Å². The number of rotatable bonds is 10. The van der Waals surface area contributed by atoms with Crippen molar-refractivity contribution >= 4 is 0 Å². The lowest BCUT2D eigenvalue weighted by atomic mass is 9.71. The molecule has 0 heterocycles. The molecule has 0 bridgehead atoms. The van der Waals surface area contributed by atoms with Crippen molar-refractivity contribution in [3.63, 3.8) is 0 Å². The van der Waals surface area contributed by atoms with Crippen LogP contribution in [0, 0.1) is 5.92 Å². The van der Waals surface area contributed by atoms with Crippen molar-refractivity contribution in [1.82, 2.24) is 0 Å². The molecule has 3 heteroatoms. The lowest BCUT2D eigenvalue weighted by Crippen LogP contribution is -2.27. The smallest absolute Gasteiger partial charge is 0.119 e. The van der Waals surface area contributed by atoms with Crippen molar-refractivity contribution in [3.05, 3.63) is 29.3 Å². The average molecular weight is 388 g/mol. The standard InChI is InChI=1S/C24H40O3/c1-4-5-6-7-14-24(2,3)19-11-13-21(23(27)16-19)22-17-20(26)12-10-18(22)9-8-15-25/h11,13,16,18,20,22,25-27H,4-10,12,14-15,17H2,1-3H3/t18-,20-,22-/m1/s1/i1D3,4D2,5D2,6D2,7D2. The van der Waals surface area contributed by atoms with E-state index in [-0.39, 0.29) is 24.2 Å². The number of benzene rings is 1. The monoisotopic (exact) mass is 387 g/mol. The van der Waals surface area contributed by atoms with E-state index >= 15 is 0 Å². The molecule has 27 heavy (non-hydrogen) atoms. The highest BCUT2D eigenvalue weighted by Crippen LogP contribution is 2.44. The van der Waals surface area contributed by atoms with Gasteiger partial charge in [-0.2, -0.15) is 0 Å². The zero-order valence-electron chi connectivity index (χ0n) is 27.3. The first-order valence-corrected chi connectivity index (χ1v) is 9.66. The third kappa shape index (κ3) is 6.22. The SMILES string of the molecule is [2H]C([2H])([2H])C([2H])([2H])C([2H])([2H])C([2H])([2H])C([2H])([2H])CC(C)(C)c1ccc([C@@H]2C[C@H](O)CC[C@H]2CCCO)c(O)c1. The first kappa shape index (κ1) is 11.2. The summed E-state index contributed by atoms with van der Waals surface area (Å²) in [6, 6.07) is 4.81. The fraction of sp³-hybridized carbons (Fsp3) is 0.750. The molecule has 0 spiro atoms. The number of phenols is 1. The van der Waals surface area contributed by atoms with Gasteiger partial charge in [0.05, 0.1) is 6.10 Å². The third-order valence-electron chi connectivity index (χ3n) is 5.65. The van der Waals surface area contributed by atoms with Crippen molar-refractivity contribution in [2.75, 3.05) is 6.61 Å². The maximum Gasteiger partial charge on any atom is 0.119 e. The number of phenolic OH excluding ortho intramolecular Hbond substituents is 1. The molecule has 0 aromatic heterocycles. The predicted octanol–water partition coefficient (Wildman–Crippen LogP) is 5.66. The van der Waals surface area contributed by atoms with Crippen molar-refractivity contribution in [2.24, 2.45) is 5.92 Å². The van der Waals surface area contributed by atoms with Gasteiger partial charge < -0.3 is 15.3 Å². The van der Waals surface area contributed by atoms with Crippen molar-refractivity contribution in [3.8, 4) is 5.75 Å². The molecule has 3 nitrogen and oxygen atoms in total. The van der Waals surface area contributed by atoms with Gasteiger partial charge in [-0.25, -0.2) is 0 Å². The van der Waals surface area contributed by atoms with E-state index in [9.17, 15) is 15.3 Å². The van der Waals surface area contributed by atoms with Gasteiger partial charge in [-0.15, -0.1) is 0 Å². The lowest BCUT2D eigenvalue weighted by Gasteiger charge is -2.35. The van der Waals surface area contributed by atoms with E-state index in [1.807, 2.05) is 0 Å². The predicted molar refractivity (Wildman–Crippen MR) is 112 cm³/mol. The first-order chi connectivity index (χ1) is 17.0. The summed E-state index contributed by atoms with van der Waals surface area (Å²) in [5.41, 5.74) is -0.120. The van der Waals surface area contributed by atoms with E-state index in [1.54, 1.807) is 26.0 Å². The zero-order chi connectivity index (χ0) is 29.5. The van der Waals surface area contributed by atoms with E-state index in [1.165, 1.54) is 6.07 Å². The van der Waals surface area contributed by atoms with E-state index in [0.29, 0.717) is 30.4 Å². The number of aliphatic hydroxyl groups excluding tert-OH is 2. The molecule has 1 aliphatic carbocycles. The van der Waals surface area contributed by atoms with Gasteiger partial charge in [-0.3, -0.25) is 0 Å². The second kappa shape index (κ2) is 10.5. The van der Waals surface area contributed by atoms with Crippen LogP contribution in [0.25, 0.3) is 0 Å². The molecule has 1 aromatic rings. The van der Waals surface area contributed by atoms with Crippen LogP contribution in [0.1, 0.15) is 117 Å². The molecule has 1 saturated carbocycles. The molecule has 0 amide bonds. The third-order valence-corrected chi connectivity index (χ3v) is 5.65. The minimum Gasteiger partial charge on any atom is -0.508 e. The highest BCUT2D eigenvalue weighted by atomic mass is 16.3. The normalized spacial score (nSPS) is 32.1. The summed E-state index contributed by atoms with van der Waals surface area (Å²) in [5, 5.41) is 30.4. The molecule has 0 unspecified atom stereocenters. The molecule has 1 aromatic carbocycles. The van der Waals surface area contributed by atoms with Crippen LogP contribution in [0.5, 0.6) is 5.75 Å². The maximum absolute atomic E-state index is 10.9. The van der Waals surface area contributed by atoms with Crippen LogP contribution in [0.2, 0.25) is 0 Å². The number of hydrogen-bond acceptors (Lipinski definition) is 3.